The third kappa shape index (κ3) is 2.88. The average Bonchev–Trinajstić information content (AvgIpc) is 3.25. The summed E-state index contributed by atoms with van der Waals surface area (Å²) in [5.74, 6) is -0.698. The van der Waals surface area contributed by atoms with Crippen LogP contribution in [-0.2, 0) is 15.3 Å². The van der Waals surface area contributed by atoms with Gasteiger partial charge in [-0.05, 0) is 37.3 Å². The highest BCUT2D eigenvalue weighted by Crippen LogP contribution is 2.41. The van der Waals surface area contributed by atoms with Gasteiger partial charge in [-0.2, -0.15) is 0 Å². The summed E-state index contributed by atoms with van der Waals surface area (Å²) in [7, 11) is 0. The second-order valence-corrected chi connectivity index (χ2v) is 7.27. The van der Waals surface area contributed by atoms with Crippen molar-refractivity contribution in [2.45, 2.75) is 19.1 Å². The van der Waals surface area contributed by atoms with Crippen molar-refractivity contribution in [2.24, 2.45) is 0 Å². The smallest absolute Gasteiger partial charge is 0.204 e. The summed E-state index contributed by atoms with van der Waals surface area (Å²) < 4.78 is 11.5. The third-order valence-corrected chi connectivity index (χ3v) is 5.36. The molecule has 0 bridgehead atoms. The first kappa shape index (κ1) is 16.1. The Kier molecular flexibility index (Phi) is 3.74. The zero-order chi connectivity index (χ0) is 17.6. The molecule has 4 rings (SSSR count). The van der Waals surface area contributed by atoms with E-state index in [1.165, 1.54) is 11.3 Å². The second-order valence-electron chi connectivity index (χ2n) is 5.92. The monoisotopic (exact) mass is 374 g/mol. The minimum absolute atomic E-state index is 0.269. The highest BCUT2D eigenvalue weighted by atomic mass is 35.5. The number of fused-ring (bicyclic) bond motifs is 1. The van der Waals surface area contributed by atoms with Gasteiger partial charge in [-0.3, -0.25) is 0 Å². The van der Waals surface area contributed by atoms with Crippen LogP contribution in [0.4, 0.5) is 0 Å². The number of thiophene rings is 1. The van der Waals surface area contributed by atoms with Crippen LogP contribution in [-0.4, -0.2) is 5.97 Å². The summed E-state index contributed by atoms with van der Waals surface area (Å²) in [5.41, 5.74) is 1.20. The minimum atomic E-state index is -1.18. The van der Waals surface area contributed by atoms with Crippen molar-refractivity contribution in [2.75, 3.05) is 0 Å². The molecule has 1 aliphatic heterocycles. The summed E-state index contributed by atoms with van der Waals surface area (Å²) in [6.45, 7) is 1.85. The van der Waals surface area contributed by atoms with E-state index in [1.807, 2.05) is 31.2 Å². The molecular weight excluding hydrogens is 362 g/mol. The maximum absolute atomic E-state index is 11.1. The molecule has 0 saturated carbocycles. The Balaban J connectivity index is 1.74. The van der Waals surface area contributed by atoms with Crippen molar-refractivity contribution >= 4 is 45.6 Å². The first-order valence-electron chi connectivity index (χ1n) is 7.57. The van der Waals surface area contributed by atoms with Gasteiger partial charge in [0.1, 0.15) is 5.58 Å². The lowest BCUT2D eigenvalue weighted by atomic mass is 10.0. The third-order valence-electron chi connectivity index (χ3n) is 4.09. The number of carboxylic acids is 1. The molecule has 1 aliphatic rings. The van der Waals surface area contributed by atoms with E-state index in [1.54, 1.807) is 17.7 Å². The highest BCUT2D eigenvalue weighted by Gasteiger charge is 2.38. The fraction of sp³-hybridized carbons (Fsp3) is 0.167. The second kappa shape index (κ2) is 5.82. The molecule has 0 aliphatic carbocycles. The predicted octanol–water partition coefficient (Wildman–Crippen LogP) is 3.45. The summed E-state index contributed by atoms with van der Waals surface area (Å²) in [6.07, 6.45) is 1.35. The Morgan fingerprint density at radius 1 is 1.36 bits per heavy atom. The van der Waals surface area contributed by atoms with E-state index >= 15 is 0 Å². The molecule has 1 N–H and O–H groups in total. The molecule has 5 nitrogen and oxygen atoms in total. The molecule has 128 valence electrons. The van der Waals surface area contributed by atoms with Crippen LogP contribution in [0.5, 0.6) is 0 Å². The van der Waals surface area contributed by atoms with E-state index in [9.17, 15) is 9.90 Å². The van der Waals surface area contributed by atoms with E-state index in [0.29, 0.717) is 16.5 Å². The molecule has 2 aromatic heterocycles. The number of rotatable bonds is 4. The number of ether oxygens (including phenoxy) is 1. The fourth-order valence-corrected chi connectivity index (χ4v) is 4.01. The van der Waals surface area contributed by atoms with E-state index in [-0.39, 0.29) is 6.42 Å². The molecule has 1 atom stereocenters. The van der Waals surface area contributed by atoms with Crippen molar-refractivity contribution in [1.82, 2.24) is 5.32 Å². The van der Waals surface area contributed by atoms with Crippen LogP contribution in [0.3, 0.4) is 0 Å². The van der Waals surface area contributed by atoms with Gasteiger partial charge < -0.3 is 24.4 Å². The number of carbonyl (C=O) groups is 1. The number of hydrogen-bond acceptors (Lipinski definition) is 6. The number of benzene rings is 1. The Morgan fingerprint density at radius 2 is 2.20 bits per heavy atom. The maximum Gasteiger partial charge on any atom is 0.204 e. The lowest BCUT2D eigenvalue weighted by molar-refractivity contribution is -0.304. The highest BCUT2D eigenvalue weighted by molar-refractivity contribution is 7.11. The first-order chi connectivity index (χ1) is 11.9. The molecule has 3 heterocycles. The minimum Gasteiger partial charge on any atom is -0.550 e. The summed E-state index contributed by atoms with van der Waals surface area (Å²) in [6, 6.07) is 9.32. The van der Waals surface area contributed by atoms with Gasteiger partial charge in [-0.1, -0.05) is 11.6 Å². The zero-order valence-electron chi connectivity index (χ0n) is 13.2. The summed E-state index contributed by atoms with van der Waals surface area (Å²) >= 11 is 7.40. The number of nitrogens with one attached hydrogen (secondary N) is 1. The quantitative estimate of drug-likeness (QED) is 0.757. The van der Waals surface area contributed by atoms with Gasteiger partial charge in [-0.15, -0.1) is 11.3 Å². The van der Waals surface area contributed by atoms with Crippen LogP contribution in [0.15, 0.2) is 52.1 Å². The van der Waals surface area contributed by atoms with Gasteiger partial charge >= 0.3 is 0 Å². The first-order valence-corrected chi connectivity index (χ1v) is 8.83. The van der Waals surface area contributed by atoms with Crippen LogP contribution in [0.1, 0.15) is 23.8 Å². The number of carboxylic acid groups (broad SMARTS) is 1. The Labute approximate surface area is 152 Å². The molecule has 0 saturated heterocycles. The normalized spacial score (nSPS) is 19.9. The van der Waals surface area contributed by atoms with Crippen LogP contribution >= 0.6 is 22.9 Å². The maximum atomic E-state index is 11.1. The number of halogens is 1. The SMILES string of the molecule is CC1(c2ccc3occc3c2)NC(CC(=O)[O-])=C(c2cc(Cl)cs2)O1. The Hall–Kier alpha value is -2.44. The number of aliphatic carboxylic acids is 1. The largest absolute Gasteiger partial charge is 0.550 e. The van der Waals surface area contributed by atoms with Gasteiger partial charge in [0.15, 0.2) is 5.76 Å². The van der Waals surface area contributed by atoms with E-state index < -0.39 is 11.7 Å². The van der Waals surface area contributed by atoms with E-state index in [4.69, 9.17) is 20.8 Å². The molecule has 1 unspecified atom stereocenters. The average molecular weight is 375 g/mol. The van der Waals surface area contributed by atoms with E-state index in [2.05, 4.69) is 5.32 Å². The zero-order valence-corrected chi connectivity index (χ0v) is 14.7. The lowest BCUT2D eigenvalue weighted by Gasteiger charge is -2.26. The topological polar surface area (TPSA) is 74.5 Å². The number of furan rings is 1. The predicted molar refractivity (Wildman–Crippen MR) is 93.7 cm³/mol. The lowest BCUT2D eigenvalue weighted by Crippen LogP contribution is -2.37. The van der Waals surface area contributed by atoms with Gasteiger partial charge in [0, 0.05) is 28.7 Å². The number of hydrogen-bond donors (Lipinski definition) is 1. The van der Waals surface area contributed by atoms with Crippen LogP contribution in [0, 0.1) is 0 Å². The molecule has 0 radical (unpaired) electrons. The molecule has 0 fully saturated rings. The van der Waals surface area contributed by atoms with Crippen molar-refractivity contribution < 1.29 is 19.1 Å². The van der Waals surface area contributed by atoms with E-state index in [0.717, 1.165) is 21.4 Å². The molecular formula is C18H13ClNO4S-. The molecule has 0 spiro atoms. The van der Waals surface area contributed by atoms with Gasteiger partial charge in [0.05, 0.1) is 21.9 Å². The molecule has 1 aromatic carbocycles. The standard InChI is InChI=1S/C18H14ClNO4S/c1-18(11-2-3-14-10(6-11)4-5-23-14)20-13(8-16(21)22)17(24-18)15-7-12(19)9-25-15/h2-7,9,20H,8H2,1H3,(H,21,22)/p-1. The molecule has 25 heavy (non-hydrogen) atoms. The van der Waals surface area contributed by atoms with Crippen LogP contribution < -0.4 is 10.4 Å². The van der Waals surface area contributed by atoms with Crippen molar-refractivity contribution in [3.63, 3.8) is 0 Å². The fourth-order valence-electron chi connectivity index (χ4n) is 2.93. The van der Waals surface area contributed by atoms with Crippen molar-refractivity contribution in [1.29, 1.82) is 0 Å². The summed E-state index contributed by atoms with van der Waals surface area (Å²) in [5, 5.41) is 17.6. The molecule has 7 heteroatoms. The number of carbonyl (C=O) groups excluding carboxylic acids is 1. The molecule has 0 amide bonds. The van der Waals surface area contributed by atoms with Crippen LogP contribution in [0.25, 0.3) is 16.7 Å². The van der Waals surface area contributed by atoms with Crippen LogP contribution in [0.2, 0.25) is 5.02 Å². The van der Waals surface area contributed by atoms with Crippen molar-refractivity contribution in [3.05, 3.63) is 63.1 Å². The van der Waals surface area contributed by atoms with Crippen molar-refractivity contribution in [3.8, 4) is 0 Å². The van der Waals surface area contributed by atoms with Gasteiger partial charge in [0.25, 0.3) is 0 Å². The molecule has 3 aromatic rings. The summed E-state index contributed by atoms with van der Waals surface area (Å²) in [4.78, 5) is 11.9. The Bertz CT molecular complexity index is 1010. The van der Waals surface area contributed by atoms with Gasteiger partial charge in [0.2, 0.25) is 5.72 Å². The Morgan fingerprint density at radius 3 is 2.92 bits per heavy atom. The van der Waals surface area contributed by atoms with Gasteiger partial charge in [-0.25, -0.2) is 0 Å².